The molecule has 0 amide bonds. The quantitative estimate of drug-likeness (QED) is 0.608. The molecule has 0 saturated heterocycles. The lowest BCUT2D eigenvalue weighted by Gasteiger charge is -2.21. The van der Waals surface area contributed by atoms with Crippen molar-refractivity contribution in [3.8, 4) is 0 Å². The third-order valence-electron chi connectivity index (χ3n) is 4.55. The van der Waals surface area contributed by atoms with Crippen LogP contribution in [-0.2, 0) is 0 Å². The predicted molar refractivity (Wildman–Crippen MR) is 59.7 cm³/mol. The molecule has 78 valence electrons. The highest BCUT2D eigenvalue weighted by Crippen LogP contribution is 2.43. The van der Waals surface area contributed by atoms with Gasteiger partial charge in [-0.05, 0) is 42.4 Å². The molecular formula is C13H26. The normalized spacial score (nSPS) is 42.2. The summed E-state index contributed by atoms with van der Waals surface area (Å²) < 4.78 is 0. The predicted octanol–water partition coefficient (Wildman–Crippen LogP) is 4.35. The summed E-state index contributed by atoms with van der Waals surface area (Å²) in [5.74, 6) is 4.83. The van der Waals surface area contributed by atoms with E-state index in [1.54, 1.807) is 0 Å². The fourth-order valence-corrected chi connectivity index (χ4v) is 2.85. The minimum atomic E-state index is 0.935. The third kappa shape index (κ3) is 2.48. The van der Waals surface area contributed by atoms with Crippen molar-refractivity contribution in [2.24, 2.45) is 29.6 Å². The molecule has 0 spiro atoms. The van der Waals surface area contributed by atoms with Crippen molar-refractivity contribution >= 4 is 0 Å². The van der Waals surface area contributed by atoms with E-state index in [0.29, 0.717) is 0 Å². The van der Waals surface area contributed by atoms with Crippen molar-refractivity contribution in [3.63, 3.8) is 0 Å². The van der Waals surface area contributed by atoms with Crippen LogP contribution in [0.5, 0.6) is 0 Å². The van der Waals surface area contributed by atoms with Gasteiger partial charge >= 0.3 is 0 Å². The highest BCUT2D eigenvalue weighted by atomic mass is 14.4. The van der Waals surface area contributed by atoms with E-state index in [9.17, 15) is 0 Å². The van der Waals surface area contributed by atoms with Crippen molar-refractivity contribution in [2.75, 3.05) is 0 Å². The molecule has 5 atom stereocenters. The Kier molecular flexibility index (Phi) is 3.82. The summed E-state index contributed by atoms with van der Waals surface area (Å²) in [6.07, 6.45) is 4.30. The van der Waals surface area contributed by atoms with Gasteiger partial charge in [-0.2, -0.15) is 0 Å². The molecule has 0 aromatic rings. The largest absolute Gasteiger partial charge is 0.0651 e. The standard InChI is InChI=1S/C13H26/c1-6-9(2)7-13-8-10(3)11(4)12(13)5/h9-13H,6-8H2,1-5H3. The van der Waals surface area contributed by atoms with Crippen LogP contribution in [0.15, 0.2) is 0 Å². The van der Waals surface area contributed by atoms with E-state index in [4.69, 9.17) is 0 Å². The first-order valence-electron chi connectivity index (χ1n) is 6.06. The molecule has 0 radical (unpaired) electrons. The zero-order chi connectivity index (χ0) is 10.0. The maximum absolute atomic E-state index is 2.46. The van der Waals surface area contributed by atoms with Crippen molar-refractivity contribution in [1.29, 1.82) is 0 Å². The second kappa shape index (κ2) is 4.48. The average molecular weight is 182 g/mol. The maximum Gasteiger partial charge on any atom is -0.0381 e. The van der Waals surface area contributed by atoms with Gasteiger partial charge in [-0.25, -0.2) is 0 Å². The molecule has 0 nitrogen and oxygen atoms in total. The summed E-state index contributed by atoms with van der Waals surface area (Å²) in [4.78, 5) is 0. The Morgan fingerprint density at radius 3 is 2.15 bits per heavy atom. The van der Waals surface area contributed by atoms with E-state index in [0.717, 1.165) is 29.6 Å². The molecule has 1 aliphatic carbocycles. The van der Waals surface area contributed by atoms with Gasteiger partial charge in [0.05, 0.1) is 0 Å². The molecule has 0 N–H and O–H groups in total. The molecule has 1 aliphatic rings. The Labute approximate surface area is 84.1 Å². The molecule has 0 heteroatoms. The highest BCUT2D eigenvalue weighted by Gasteiger charge is 2.35. The highest BCUT2D eigenvalue weighted by molar-refractivity contribution is 4.84. The molecule has 0 aromatic heterocycles. The molecule has 0 bridgehead atoms. The number of hydrogen-bond acceptors (Lipinski definition) is 0. The maximum atomic E-state index is 2.46. The lowest BCUT2D eigenvalue weighted by Crippen LogP contribution is -2.12. The molecule has 0 aliphatic heterocycles. The van der Waals surface area contributed by atoms with Crippen LogP contribution in [0.1, 0.15) is 53.9 Å². The van der Waals surface area contributed by atoms with Gasteiger partial charge in [0.15, 0.2) is 0 Å². The Hall–Kier alpha value is 0. The van der Waals surface area contributed by atoms with Gasteiger partial charge in [-0.3, -0.25) is 0 Å². The minimum absolute atomic E-state index is 0.935. The first kappa shape index (κ1) is 11.1. The second-order valence-electron chi connectivity index (χ2n) is 5.44. The van der Waals surface area contributed by atoms with Gasteiger partial charge in [0.25, 0.3) is 0 Å². The van der Waals surface area contributed by atoms with Crippen LogP contribution < -0.4 is 0 Å². The smallest absolute Gasteiger partial charge is 0.0381 e. The van der Waals surface area contributed by atoms with Crippen LogP contribution in [0.3, 0.4) is 0 Å². The Morgan fingerprint density at radius 2 is 1.77 bits per heavy atom. The van der Waals surface area contributed by atoms with Gasteiger partial charge in [0.2, 0.25) is 0 Å². The van der Waals surface area contributed by atoms with Crippen molar-refractivity contribution in [2.45, 2.75) is 53.9 Å². The summed E-state index contributed by atoms with van der Waals surface area (Å²) in [7, 11) is 0. The van der Waals surface area contributed by atoms with Crippen molar-refractivity contribution < 1.29 is 0 Å². The van der Waals surface area contributed by atoms with Gasteiger partial charge in [-0.15, -0.1) is 0 Å². The topological polar surface area (TPSA) is 0 Å². The summed E-state index contributed by atoms with van der Waals surface area (Å²) >= 11 is 0. The number of rotatable bonds is 3. The second-order valence-corrected chi connectivity index (χ2v) is 5.44. The van der Waals surface area contributed by atoms with Gasteiger partial charge in [0.1, 0.15) is 0 Å². The van der Waals surface area contributed by atoms with Crippen LogP contribution in [-0.4, -0.2) is 0 Å². The Balaban J connectivity index is 2.44. The van der Waals surface area contributed by atoms with E-state index in [2.05, 4.69) is 34.6 Å². The van der Waals surface area contributed by atoms with Crippen LogP contribution in [0.4, 0.5) is 0 Å². The third-order valence-corrected chi connectivity index (χ3v) is 4.55. The molecular weight excluding hydrogens is 156 g/mol. The van der Waals surface area contributed by atoms with Crippen LogP contribution in [0.2, 0.25) is 0 Å². The van der Waals surface area contributed by atoms with Crippen molar-refractivity contribution in [1.82, 2.24) is 0 Å². The summed E-state index contributed by atoms with van der Waals surface area (Å²) in [6.45, 7) is 12.0. The molecule has 0 heterocycles. The van der Waals surface area contributed by atoms with Crippen LogP contribution >= 0.6 is 0 Å². The lowest BCUT2D eigenvalue weighted by molar-refractivity contribution is 0.292. The molecule has 1 rings (SSSR count). The molecule has 1 saturated carbocycles. The summed E-state index contributed by atoms with van der Waals surface area (Å²) in [5, 5.41) is 0. The first-order chi connectivity index (χ1) is 6.06. The van der Waals surface area contributed by atoms with E-state index >= 15 is 0 Å². The van der Waals surface area contributed by atoms with E-state index in [1.807, 2.05) is 0 Å². The zero-order valence-electron chi connectivity index (χ0n) is 10.0. The molecule has 1 fully saturated rings. The minimum Gasteiger partial charge on any atom is -0.0651 e. The zero-order valence-corrected chi connectivity index (χ0v) is 10.0. The van der Waals surface area contributed by atoms with Crippen LogP contribution in [0.25, 0.3) is 0 Å². The summed E-state index contributed by atoms with van der Waals surface area (Å²) in [5.41, 5.74) is 0. The van der Waals surface area contributed by atoms with E-state index in [-0.39, 0.29) is 0 Å². The summed E-state index contributed by atoms with van der Waals surface area (Å²) in [6, 6.07) is 0. The lowest BCUT2D eigenvalue weighted by atomic mass is 9.85. The Morgan fingerprint density at radius 1 is 1.15 bits per heavy atom. The Bertz CT molecular complexity index is 150. The van der Waals surface area contributed by atoms with Crippen LogP contribution in [0, 0.1) is 29.6 Å². The SMILES string of the molecule is CCC(C)CC1CC(C)C(C)C1C. The average Bonchev–Trinajstić information content (AvgIpc) is 2.34. The van der Waals surface area contributed by atoms with Gasteiger partial charge in [0, 0.05) is 0 Å². The fraction of sp³-hybridized carbons (Fsp3) is 1.00. The van der Waals surface area contributed by atoms with Gasteiger partial charge in [-0.1, -0.05) is 41.0 Å². The van der Waals surface area contributed by atoms with Gasteiger partial charge < -0.3 is 0 Å². The van der Waals surface area contributed by atoms with Crippen molar-refractivity contribution in [3.05, 3.63) is 0 Å². The van der Waals surface area contributed by atoms with E-state index in [1.165, 1.54) is 19.3 Å². The monoisotopic (exact) mass is 182 g/mol. The van der Waals surface area contributed by atoms with E-state index < -0.39 is 0 Å². The number of hydrogen-bond donors (Lipinski definition) is 0. The molecule has 0 aromatic carbocycles. The fourth-order valence-electron chi connectivity index (χ4n) is 2.85. The first-order valence-corrected chi connectivity index (χ1v) is 6.06. The molecule has 13 heavy (non-hydrogen) atoms. The molecule has 5 unspecified atom stereocenters.